The summed E-state index contributed by atoms with van der Waals surface area (Å²) in [5, 5.41) is 8.99. The number of nitrogens with zero attached hydrogens (tertiary/aromatic N) is 2. The van der Waals surface area contributed by atoms with E-state index in [1.54, 1.807) is 12.1 Å². The van der Waals surface area contributed by atoms with Crippen LogP contribution in [0.5, 0.6) is 0 Å². The monoisotopic (exact) mass is 338 g/mol. The molecule has 4 nitrogen and oxygen atoms in total. The predicted octanol–water partition coefficient (Wildman–Crippen LogP) is 2.68. The molecular weight excluding hydrogens is 320 g/mol. The zero-order valence-electron chi connectivity index (χ0n) is 11.4. The van der Waals surface area contributed by atoms with Gasteiger partial charge in [0, 0.05) is 37.2 Å². The van der Waals surface area contributed by atoms with E-state index in [4.69, 9.17) is 5.11 Å². The van der Waals surface area contributed by atoms with Crippen molar-refractivity contribution >= 4 is 27.6 Å². The lowest BCUT2D eigenvalue weighted by atomic mass is 10.2. The molecule has 1 saturated carbocycles. The van der Waals surface area contributed by atoms with Crippen molar-refractivity contribution in [2.24, 2.45) is 5.92 Å². The number of hydrogen-bond donors (Lipinski definition) is 1. The van der Waals surface area contributed by atoms with Crippen LogP contribution in [-0.2, 0) is 0 Å². The van der Waals surface area contributed by atoms with Gasteiger partial charge in [0.1, 0.15) is 0 Å². The van der Waals surface area contributed by atoms with Crippen molar-refractivity contribution in [3.8, 4) is 0 Å². The van der Waals surface area contributed by atoms with Crippen molar-refractivity contribution in [1.82, 2.24) is 4.90 Å². The van der Waals surface area contributed by atoms with Crippen molar-refractivity contribution < 1.29 is 9.90 Å². The summed E-state index contributed by atoms with van der Waals surface area (Å²) >= 11 is 3.50. The van der Waals surface area contributed by atoms with Crippen LogP contribution in [-0.4, -0.2) is 48.7 Å². The molecule has 1 aliphatic carbocycles. The third-order valence-corrected chi connectivity index (χ3v) is 4.76. The van der Waals surface area contributed by atoms with E-state index in [-0.39, 0.29) is 0 Å². The molecule has 1 aromatic carbocycles. The SMILES string of the molecule is O=C(O)c1ccc(N2CCN(CC3CC3)CC2)c(Br)c1. The summed E-state index contributed by atoms with van der Waals surface area (Å²) in [6, 6.07) is 5.28. The van der Waals surface area contributed by atoms with Crippen LogP contribution in [0.25, 0.3) is 0 Å². The maximum absolute atomic E-state index is 11.0. The zero-order chi connectivity index (χ0) is 14.1. The number of hydrogen-bond acceptors (Lipinski definition) is 3. The number of rotatable bonds is 4. The minimum atomic E-state index is -0.883. The minimum absolute atomic E-state index is 0.327. The van der Waals surface area contributed by atoms with E-state index in [2.05, 4.69) is 25.7 Å². The third kappa shape index (κ3) is 3.15. The van der Waals surface area contributed by atoms with Gasteiger partial charge in [-0.1, -0.05) is 0 Å². The van der Waals surface area contributed by atoms with Crippen molar-refractivity contribution in [3.05, 3.63) is 28.2 Å². The van der Waals surface area contributed by atoms with E-state index in [0.717, 1.165) is 42.3 Å². The van der Waals surface area contributed by atoms with Gasteiger partial charge in [-0.25, -0.2) is 4.79 Å². The van der Waals surface area contributed by atoms with Crippen LogP contribution >= 0.6 is 15.9 Å². The number of piperazine rings is 1. The van der Waals surface area contributed by atoms with Crippen molar-refractivity contribution in [2.75, 3.05) is 37.6 Å². The highest BCUT2D eigenvalue weighted by Crippen LogP contribution is 2.31. The van der Waals surface area contributed by atoms with Gasteiger partial charge >= 0.3 is 5.97 Å². The number of carboxylic acid groups (broad SMARTS) is 1. The van der Waals surface area contributed by atoms with E-state index in [1.807, 2.05) is 6.07 Å². The molecule has 2 fully saturated rings. The maximum atomic E-state index is 11.0. The Kier molecular flexibility index (Phi) is 3.98. The Morgan fingerprint density at radius 2 is 1.95 bits per heavy atom. The van der Waals surface area contributed by atoms with Crippen LogP contribution in [0.1, 0.15) is 23.2 Å². The molecule has 1 heterocycles. The average molecular weight is 339 g/mol. The second kappa shape index (κ2) is 5.74. The molecule has 2 aliphatic rings. The zero-order valence-corrected chi connectivity index (χ0v) is 13.0. The Hall–Kier alpha value is -1.07. The lowest BCUT2D eigenvalue weighted by Gasteiger charge is -2.36. The summed E-state index contributed by atoms with van der Waals surface area (Å²) < 4.78 is 0.869. The second-order valence-corrected chi connectivity index (χ2v) is 6.56. The van der Waals surface area contributed by atoms with Crippen molar-refractivity contribution in [3.63, 3.8) is 0 Å². The first-order valence-electron chi connectivity index (χ1n) is 7.13. The van der Waals surface area contributed by atoms with E-state index in [1.165, 1.54) is 19.4 Å². The maximum Gasteiger partial charge on any atom is 0.335 e. The molecule has 3 rings (SSSR count). The normalized spacial score (nSPS) is 20.1. The largest absolute Gasteiger partial charge is 0.478 e. The van der Waals surface area contributed by atoms with E-state index in [0.29, 0.717) is 5.56 Å². The highest BCUT2D eigenvalue weighted by molar-refractivity contribution is 9.10. The van der Waals surface area contributed by atoms with Gasteiger partial charge in [0.25, 0.3) is 0 Å². The molecule has 108 valence electrons. The van der Waals surface area contributed by atoms with Gasteiger partial charge in [0.15, 0.2) is 0 Å². The van der Waals surface area contributed by atoms with E-state index < -0.39 is 5.97 Å². The molecular formula is C15H19BrN2O2. The van der Waals surface area contributed by atoms with Crippen LogP contribution in [0, 0.1) is 5.92 Å². The topological polar surface area (TPSA) is 43.8 Å². The molecule has 0 spiro atoms. The van der Waals surface area contributed by atoms with Gasteiger partial charge in [0.05, 0.1) is 11.3 Å². The first-order valence-corrected chi connectivity index (χ1v) is 7.93. The van der Waals surface area contributed by atoms with Crippen molar-refractivity contribution in [1.29, 1.82) is 0 Å². The lowest BCUT2D eigenvalue weighted by Crippen LogP contribution is -2.47. The molecule has 0 atom stereocenters. The lowest BCUT2D eigenvalue weighted by molar-refractivity contribution is 0.0697. The summed E-state index contributed by atoms with van der Waals surface area (Å²) in [6.45, 7) is 5.48. The Morgan fingerprint density at radius 3 is 2.50 bits per heavy atom. The van der Waals surface area contributed by atoms with Crippen LogP contribution in [0.15, 0.2) is 22.7 Å². The number of carboxylic acids is 1. The molecule has 1 aliphatic heterocycles. The fourth-order valence-corrected chi connectivity index (χ4v) is 3.36. The number of carbonyl (C=O) groups is 1. The average Bonchev–Trinajstić information content (AvgIpc) is 3.24. The summed E-state index contributed by atoms with van der Waals surface area (Å²) in [5.74, 6) is 0.0645. The smallest absolute Gasteiger partial charge is 0.335 e. The van der Waals surface area contributed by atoms with Gasteiger partial charge in [-0.05, 0) is 52.9 Å². The second-order valence-electron chi connectivity index (χ2n) is 5.70. The summed E-state index contributed by atoms with van der Waals surface area (Å²) in [4.78, 5) is 15.8. The molecule has 0 amide bonds. The summed E-state index contributed by atoms with van der Waals surface area (Å²) in [7, 11) is 0. The summed E-state index contributed by atoms with van der Waals surface area (Å²) in [6.07, 6.45) is 2.81. The molecule has 20 heavy (non-hydrogen) atoms. The first-order chi connectivity index (χ1) is 9.63. The third-order valence-electron chi connectivity index (χ3n) is 4.12. The Labute approximate surface area is 127 Å². The van der Waals surface area contributed by atoms with Crippen LogP contribution < -0.4 is 4.90 Å². The number of benzene rings is 1. The van der Waals surface area contributed by atoms with E-state index >= 15 is 0 Å². The van der Waals surface area contributed by atoms with Gasteiger partial charge in [-0.2, -0.15) is 0 Å². The molecule has 1 N–H and O–H groups in total. The molecule has 0 radical (unpaired) electrons. The number of aromatic carboxylic acids is 1. The quantitative estimate of drug-likeness (QED) is 0.916. The number of halogens is 1. The molecule has 1 aromatic rings. The van der Waals surface area contributed by atoms with Gasteiger partial charge in [0.2, 0.25) is 0 Å². The van der Waals surface area contributed by atoms with Gasteiger partial charge < -0.3 is 10.0 Å². The fourth-order valence-electron chi connectivity index (χ4n) is 2.73. The van der Waals surface area contributed by atoms with Crippen LogP contribution in [0.2, 0.25) is 0 Å². The number of anilines is 1. The highest BCUT2D eigenvalue weighted by atomic mass is 79.9. The molecule has 0 aromatic heterocycles. The van der Waals surface area contributed by atoms with Crippen molar-refractivity contribution in [2.45, 2.75) is 12.8 Å². The predicted molar refractivity (Wildman–Crippen MR) is 82.5 cm³/mol. The van der Waals surface area contributed by atoms with Gasteiger partial charge in [-0.3, -0.25) is 4.90 Å². The molecule has 5 heteroatoms. The Bertz CT molecular complexity index is 509. The minimum Gasteiger partial charge on any atom is -0.478 e. The van der Waals surface area contributed by atoms with Crippen LogP contribution in [0.4, 0.5) is 5.69 Å². The Balaban J connectivity index is 1.63. The molecule has 0 bridgehead atoms. The fraction of sp³-hybridized carbons (Fsp3) is 0.533. The summed E-state index contributed by atoms with van der Waals surface area (Å²) in [5.41, 5.74) is 1.43. The standard InChI is InChI=1S/C15H19BrN2O2/c16-13-9-12(15(19)20)3-4-14(13)18-7-5-17(6-8-18)10-11-1-2-11/h3-4,9,11H,1-2,5-8,10H2,(H,19,20). The highest BCUT2D eigenvalue weighted by Gasteiger charge is 2.26. The Morgan fingerprint density at radius 1 is 1.25 bits per heavy atom. The first kappa shape index (κ1) is 13.9. The molecule has 1 saturated heterocycles. The van der Waals surface area contributed by atoms with Crippen LogP contribution in [0.3, 0.4) is 0 Å². The molecule has 0 unspecified atom stereocenters. The van der Waals surface area contributed by atoms with E-state index in [9.17, 15) is 4.79 Å². The van der Waals surface area contributed by atoms with Gasteiger partial charge in [-0.15, -0.1) is 0 Å².